The van der Waals surface area contributed by atoms with Crippen molar-refractivity contribution in [2.75, 3.05) is 0 Å². The van der Waals surface area contributed by atoms with E-state index in [2.05, 4.69) is 16.0 Å². The number of aromatic nitrogens is 3. The molecule has 0 unspecified atom stereocenters. The summed E-state index contributed by atoms with van der Waals surface area (Å²) >= 11 is 0. The molecule has 6 aromatic rings. The molecule has 0 fully saturated rings. The minimum atomic E-state index is 0. The van der Waals surface area contributed by atoms with Crippen LogP contribution in [-0.4, -0.2) is 19.6 Å². The molecular formula is C26H16N3O2Pt-. The van der Waals surface area contributed by atoms with Crippen LogP contribution in [-0.2, 0) is 21.1 Å². The van der Waals surface area contributed by atoms with Crippen molar-refractivity contribution < 1.29 is 33.7 Å². The summed E-state index contributed by atoms with van der Waals surface area (Å²) in [5, 5.41) is 12.9. The number of para-hydroxylation sites is 2. The molecule has 0 saturated heterocycles. The largest absolute Gasteiger partial charge is 0.506 e. The predicted molar refractivity (Wildman–Crippen MR) is 121 cm³/mol. The average Bonchev–Trinajstić information content (AvgIpc) is 3.15. The molecule has 0 aliphatic heterocycles. The van der Waals surface area contributed by atoms with E-state index < -0.39 is 0 Å². The van der Waals surface area contributed by atoms with Gasteiger partial charge in [-0.25, -0.2) is 9.97 Å². The second-order valence-corrected chi connectivity index (χ2v) is 7.09. The van der Waals surface area contributed by atoms with Crippen LogP contribution in [0.25, 0.3) is 38.5 Å². The van der Waals surface area contributed by atoms with Crippen molar-refractivity contribution in [2.24, 2.45) is 0 Å². The predicted octanol–water partition coefficient (Wildman–Crippen LogP) is 6.02. The van der Waals surface area contributed by atoms with Crippen LogP contribution < -0.4 is 4.74 Å². The first-order valence-electron chi connectivity index (χ1n) is 10.7. The van der Waals surface area contributed by atoms with Crippen molar-refractivity contribution in [3.05, 3.63) is 97.1 Å². The Morgan fingerprint density at radius 2 is 1.81 bits per heavy atom. The summed E-state index contributed by atoms with van der Waals surface area (Å²) in [4.78, 5) is 8.83. The van der Waals surface area contributed by atoms with Gasteiger partial charge in [0.25, 0.3) is 0 Å². The van der Waals surface area contributed by atoms with Crippen LogP contribution >= 0.6 is 0 Å². The van der Waals surface area contributed by atoms with Crippen molar-refractivity contribution in [3.8, 4) is 23.2 Å². The fourth-order valence-electron chi connectivity index (χ4n) is 3.86. The average molecular weight is 600 g/mol. The summed E-state index contributed by atoms with van der Waals surface area (Å²) in [7, 11) is 0. The van der Waals surface area contributed by atoms with Gasteiger partial charge in [0, 0.05) is 50.0 Å². The van der Waals surface area contributed by atoms with Gasteiger partial charge in [-0.3, -0.25) is 0 Å². The number of nitrogens with zero attached hydrogens (tertiary/aromatic N) is 3. The van der Waals surface area contributed by atoms with Gasteiger partial charge in [0.15, 0.2) is 0 Å². The fourth-order valence-corrected chi connectivity index (χ4v) is 3.86. The molecule has 0 amide bonds. The van der Waals surface area contributed by atoms with Crippen molar-refractivity contribution in [2.45, 2.75) is 0 Å². The van der Waals surface area contributed by atoms with Gasteiger partial charge in [-0.2, -0.15) is 6.07 Å². The van der Waals surface area contributed by atoms with Crippen LogP contribution in [0.2, 0.25) is 0 Å². The number of aromatic hydroxyl groups is 1. The molecule has 3 aromatic carbocycles. The summed E-state index contributed by atoms with van der Waals surface area (Å²) in [5.74, 6) is 1.42. The van der Waals surface area contributed by atoms with E-state index in [9.17, 15) is 5.11 Å². The van der Waals surface area contributed by atoms with E-state index in [1.807, 2.05) is 53.1 Å². The molecule has 6 heteroatoms. The first-order valence-corrected chi connectivity index (χ1v) is 9.74. The molecule has 0 radical (unpaired) electrons. The van der Waals surface area contributed by atoms with Crippen molar-refractivity contribution in [1.82, 2.24) is 14.5 Å². The van der Waals surface area contributed by atoms with Gasteiger partial charge in [-0.1, -0.05) is 41.9 Å². The summed E-state index contributed by atoms with van der Waals surface area (Å²) in [6, 6.07) is 25.6. The number of benzene rings is 3. The van der Waals surface area contributed by atoms with Crippen molar-refractivity contribution in [1.29, 1.82) is 0 Å². The van der Waals surface area contributed by atoms with E-state index in [4.69, 9.17) is 7.48 Å². The number of phenols is 1. The number of fused-ring (bicyclic) bond motifs is 4. The van der Waals surface area contributed by atoms with Crippen LogP contribution in [0.15, 0.2) is 91.1 Å². The summed E-state index contributed by atoms with van der Waals surface area (Å²) in [6.07, 6.45) is 1.38. The molecule has 0 aliphatic carbocycles. The summed E-state index contributed by atoms with van der Waals surface area (Å²) < 4.78 is 23.7. The van der Waals surface area contributed by atoms with E-state index in [0.717, 1.165) is 27.2 Å². The van der Waals surface area contributed by atoms with Gasteiger partial charge in [0.1, 0.15) is 17.1 Å². The van der Waals surface area contributed by atoms with Crippen molar-refractivity contribution in [3.63, 3.8) is 0 Å². The van der Waals surface area contributed by atoms with E-state index in [1.165, 1.54) is 6.20 Å². The topological polar surface area (TPSA) is 60.2 Å². The second-order valence-electron chi connectivity index (χ2n) is 7.09. The van der Waals surface area contributed by atoms with E-state index in [1.54, 1.807) is 24.3 Å². The Morgan fingerprint density at radius 3 is 2.72 bits per heavy atom. The van der Waals surface area contributed by atoms with Crippen molar-refractivity contribution >= 4 is 32.7 Å². The maximum absolute atomic E-state index is 10.1. The van der Waals surface area contributed by atoms with E-state index >= 15 is 0 Å². The van der Waals surface area contributed by atoms with E-state index in [-0.39, 0.29) is 38.9 Å². The number of ether oxygens (including phenoxy) is 1. The number of phenolic OH excluding ortho intramolecular Hbond substituents is 1. The SMILES string of the molecule is [2H]c1cnc(-n2c3[c-]c(Oc4ccc5cccc(O)c5n4)ccc3c3ccccc32)cc1[2H].[Pt]. The number of hydrogen-bond donors (Lipinski definition) is 1. The number of rotatable bonds is 3. The molecule has 3 heterocycles. The normalized spacial score (nSPS) is 11.9. The quantitative estimate of drug-likeness (QED) is 0.253. The van der Waals surface area contributed by atoms with Crippen LogP contribution in [0, 0.1) is 6.07 Å². The van der Waals surface area contributed by atoms with E-state index in [0.29, 0.717) is 23.0 Å². The maximum atomic E-state index is 10.1. The maximum Gasteiger partial charge on any atom is 0.217 e. The summed E-state index contributed by atoms with van der Waals surface area (Å²) in [6.45, 7) is 0. The van der Waals surface area contributed by atoms with Crippen LogP contribution in [0.3, 0.4) is 0 Å². The molecular weight excluding hydrogens is 581 g/mol. The molecule has 0 bridgehead atoms. The molecule has 32 heavy (non-hydrogen) atoms. The van der Waals surface area contributed by atoms with Gasteiger partial charge in [-0.15, -0.1) is 17.5 Å². The Bertz CT molecular complexity index is 1700. The molecule has 158 valence electrons. The Balaban J connectivity index is 0.00000241. The summed E-state index contributed by atoms with van der Waals surface area (Å²) in [5.41, 5.74) is 2.12. The fraction of sp³-hybridized carbons (Fsp3) is 0. The van der Waals surface area contributed by atoms with Crippen LogP contribution in [0.5, 0.6) is 17.4 Å². The molecule has 1 N–H and O–H groups in total. The molecule has 6 rings (SSSR count). The Morgan fingerprint density at radius 1 is 0.906 bits per heavy atom. The zero-order valence-electron chi connectivity index (χ0n) is 18.5. The minimum absolute atomic E-state index is 0. The Labute approximate surface area is 201 Å². The molecule has 5 nitrogen and oxygen atoms in total. The third-order valence-corrected chi connectivity index (χ3v) is 5.22. The molecule has 0 atom stereocenters. The molecule has 0 spiro atoms. The van der Waals surface area contributed by atoms with Crippen LogP contribution in [0.1, 0.15) is 2.74 Å². The van der Waals surface area contributed by atoms with Crippen LogP contribution in [0.4, 0.5) is 0 Å². The molecule has 0 aliphatic rings. The van der Waals surface area contributed by atoms with Gasteiger partial charge < -0.3 is 14.4 Å². The Kier molecular flexibility index (Phi) is 4.54. The number of hydrogen-bond acceptors (Lipinski definition) is 4. The van der Waals surface area contributed by atoms with Gasteiger partial charge >= 0.3 is 0 Å². The first kappa shape index (κ1) is 17.9. The zero-order valence-corrected chi connectivity index (χ0v) is 18.8. The number of pyridine rings is 2. The Hall–Kier alpha value is -3.69. The van der Waals surface area contributed by atoms with Gasteiger partial charge in [-0.05, 0) is 35.7 Å². The second kappa shape index (κ2) is 8.10. The smallest absolute Gasteiger partial charge is 0.217 e. The standard InChI is InChI=1S/C26H16N3O2.Pt/c30-23-9-5-6-17-11-14-25(28-26(17)23)31-18-12-13-20-19-7-1-2-8-21(19)29(22(20)16-18)24-10-3-4-15-27-24;/h1-15,30H;/q-1;/i3D,4D;. The molecule has 0 saturated carbocycles. The van der Waals surface area contributed by atoms with Gasteiger partial charge in [0.05, 0.1) is 2.74 Å². The zero-order chi connectivity index (χ0) is 22.5. The third-order valence-electron chi connectivity index (χ3n) is 5.22. The first-order chi connectivity index (χ1) is 16.1. The minimum Gasteiger partial charge on any atom is -0.506 e. The third kappa shape index (κ3) is 3.31. The molecule has 3 aromatic heterocycles. The monoisotopic (exact) mass is 599 g/mol. The van der Waals surface area contributed by atoms with Gasteiger partial charge in [0.2, 0.25) is 5.88 Å².